The summed E-state index contributed by atoms with van der Waals surface area (Å²) in [6.45, 7) is 0. The third-order valence-electron chi connectivity index (χ3n) is 9.12. The Morgan fingerprint density at radius 2 is 0.978 bits per heavy atom. The first kappa shape index (κ1) is 26.3. The summed E-state index contributed by atoms with van der Waals surface area (Å²) in [5, 5.41) is 7.52. The molecule has 2 nitrogen and oxygen atoms in total. The molecule has 1 aromatic heterocycles. The molecule has 0 aliphatic rings. The van der Waals surface area contributed by atoms with Crippen LogP contribution in [0.1, 0.15) is 0 Å². The zero-order valence-electron chi connectivity index (χ0n) is 25.2. The number of benzene rings is 8. The van der Waals surface area contributed by atoms with Crippen LogP contribution in [0.15, 0.2) is 182 Å². The van der Waals surface area contributed by atoms with Gasteiger partial charge in [-0.05, 0) is 81.9 Å². The Balaban J connectivity index is 1.35. The van der Waals surface area contributed by atoms with Crippen LogP contribution in [0, 0.1) is 0 Å². The van der Waals surface area contributed by atoms with E-state index in [4.69, 9.17) is 0 Å². The van der Waals surface area contributed by atoms with Crippen molar-refractivity contribution >= 4 is 60.4 Å². The fraction of sp³-hybridized carbons (Fsp3) is 0. The first-order valence-corrected chi connectivity index (χ1v) is 15.8. The topological polar surface area (TPSA) is 8.17 Å². The van der Waals surface area contributed by atoms with Crippen LogP contribution >= 0.6 is 0 Å². The van der Waals surface area contributed by atoms with Gasteiger partial charge in [0.1, 0.15) is 0 Å². The molecule has 9 aromatic rings. The van der Waals surface area contributed by atoms with Gasteiger partial charge in [-0.1, -0.05) is 127 Å². The third kappa shape index (κ3) is 4.27. The lowest BCUT2D eigenvalue weighted by Crippen LogP contribution is -2.10. The van der Waals surface area contributed by atoms with Crippen LogP contribution in [0.2, 0.25) is 0 Å². The molecule has 0 saturated carbocycles. The van der Waals surface area contributed by atoms with Crippen molar-refractivity contribution < 1.29 is 0 Å². The number of anilines is 3. The molecule has 0 saturated heterocycles. The Bertz CT molecular complexity index is 2510. The molecule has 46 heavy (non-hydrogen) atoms. The predicted octanol–water partition coefficient (Wildman–Crippen LogP) is 12.2. The van der Waals surface area contributed by atoms with Gasteiger partial charge in [0, 0.05) is 38.9 Å². The Labute approximate surface area is 268 Å². The van der Waals surface area contributed by atoms with E-state index >= 15 is 0 Å². The second-order valence-electron chi connectivity index (χ2n) is 11.8. The molecule has 0 unspecified atom stereocenters. The number of rotatable bonds is 5. The summed E-state index contributed by atoms with van der Waals surface area (Å²) >= 11 is 0. The second kappa shape index (κ2) is 10.8. The molecule has 216 valence electrons. The first-order chi connectivity index (χ1) is 22.8. The smallest absolute Gasteiger partial charge is 0.0620 e. The van der Waals surface area contributed by atoms with Crippen molar-refractivity contribution in [3.8, 4) is 16.8 Å². The molecule has 0 aliphatic heterocycles. The monoisotopic (exact) mass is 586 g/mol. The first-order valence-electron chi connectivity index (χ1n) is 15.8. The van der Waals surface area contributed by atoms with Gasteiger partial charge in [-0.15, -0.1) is 0 Å². The van der Waals surface area contributed by atoms with Gasteiger partial charge < -0.3 is 9.47 Å². The van der Waals surface area contributed by atoms with E-state index in [2.05, 4.69) is 191 Å². The molecule has 0 N–H and O–H groups in total. The van der Waals surface area contributed by atoms with Crippen LogP contribution in [0.5, 0.6) is 0 Å². The minimum Gasteiger partial charge on any atom is -0.310 e. The molecule has 1 heterocycles. The van der Waals surface area contributed by atoms with Crippen molar-refractivity contribution in [2.24, 2.45) is 0 Å². The predicted molar refractivity (Wildman–Crippen MR) is 196 cm³/mol. The third-order valence-corrected chi connectivity index (χ3v) is 9.12. The zero-order chi connectivity index (χ0) is 30.5. The van der Waals surface area contributed by atoms with Crippen LogP contribution in [-0.2, 0) is 0 Å². The number of para-hydroxylation sites is 2. The summed E-state index contributed by atoms with van der Waals surface area (Å²) in [6, 6.07) is 65.6. The highest BCUT2D eigenvalue weighted by Gasteiger charge is 2.19. The van der Waals surface area contributed by atoms with Gasteiger partial charge >= 0.3 is 0 Å². The van der Waals surface area contributed by atoms with Crippen molar-refractivity contribution in [2.75, 3.05) is 4.90 Å². The highest BCUT2D eigenvalue weighted by Crippen LogP contribution is 2.43. The van der Waals surface area contributed by atoms with Crippen molar-refractivity contribution in [1.29, 1.82) is 0 Å². The zero-order valence-corrected chi connectivity index (χ0v) is 25.2. The number of nitrogens with zero attached hydrogens (tertiary/aromatic N) is 2. The molecule has 9 rings (SSSR count). The van der Waals surface area contributed by atoms with E-state index in [1.165, 1.54) is 54.5 Å². The average molecular weight is 587 g/mol. The number of hydrogen-bond donors (Lipinski definition) is 0. The van der Waals surface area contributed by atoms with Crippen molar-refractivity contribution in [3.63, 3.8) is 0 Å². The molecule has 0 bridgehead atoms. The fourth-order valence-electron chi connectivity index (χ4n) is 7.05. The normalized spacial score (nSPS) is 11.5. The van der Waals surface area contributed by atoms with E-state index in [0.717, 1.165) is 22.7 Å². The number of fused-ring (bicyclic) bond motifs is 7. The van der Waals surface area contributed by atoms with Crippen LogP contribution < -0.4 is 4.90 Å². The highest BCUT2D eigenvalue weighted by atomic mass is 15.1. The Hall–Kier alpha value is -6.12. The van der Waals surface area contributed by atoms with E-state index in [-0.39, 0.29) is 0 Å². The van der Waals surface area contributed by atoms with Gasteiger partial charge in [0.2, 0.25) is 0 Å². The maximum Gasteiger partial charge on any atom is 0.0620 e. The van der Waals surface area contributed by atoms with Crippen LogP contribution in [-0.4, -0.2) is 4.57 Å². The standard InChI is InChI=1S/C44H30N2/c1-4-13-31(14-5-1)34-16-12-21-37(29-34)45(35-17-6-2-7-18-35)38-26-23-33-24-27-40-43-39-22-11-10-15-32(39)25-28-42(43)46(44(40)41(33)30-38)36-19-8-3-9-20-36/h1-30H. The lowest BCUT2D eigenvalue weighted by molar-refractivity contribution is 1.19. The van der Waals surface area contributed by atoms with E-state index in [9.17, 15) is 0 Å². The maximum atomic E-state index is 2.45. The Morgan fingerprint density at radius 3 is 1.80 bits per heavy atom. The molecular formula is C44H30N2. The van der Waals surface area contributed by atoms with Crippen LogP contribution in [0.4, 0.5) is 17.1 Å². The number of aromatic nitrogens is 1. The summed E-state index contributed by atoms with van der Waals surface area (Å²) in [4.78, 5) is 2.37. The van der Waals surface area contributed by atoms with Crippen molar-refractivity contribution in [3.05, 3.63) is 182 Å². The maximum absolute atomic E-state index is 2.45. The molecule has 2 heteroatoms. The van der Waals surface area contributed by atoms with Gasteiger partial charge in [-0.3, -0.25) is 0 Å². The molecular weight excluding hydrogens is 556 g/mol. The summed E-state index contributed by atoms with van der Waals surface area (Å²) in [5.74, 6) is 0. The summed E-state index contributed by atoms with van der Waals surface area (Å²) in [5.41, 5.74) is 9.35. The minimum atomic E-state index is 1.12. The highest BCUT2D eigenvalue weighted by molar-refractivity contribution is 6.26. The molecule has 0 spiro atoms. The minimum absolute atomic E-state index is 1.12. The van der Waals surface area contributed by atoms with Gasteiger partial charge in [-0.2, -0.15) is 0 Å². The Kier molecular flexibility index (Phi) is 6.17. The second-order valence-corrected chi connectivity index (χ2v) is 11.8. The van der Waals surface area contributed by atoms with Crippen molar-refractivity contribution in [1.82, 2.24) is 4.57 Å². The van der Waals surface area contributed by atoms with E-state index in [0.29, 0.717) is 0 Å². The van der Waals surface area contributed by atoms with E-state index in [1.807, 2.05) is 0 Å². The van der Waals surface area contributed by atoms with Gasteiger partial charge in [-0.25, -0.2) is 0 Å². The van der Waals surface area contributed by atoms with Crippen LogP contribution in [0.3, 0.4) is 0 Å². The van der Waals surface area contributed by atoms with E-state index < -0.39 is 0 Å². The molecule has 0 atom stereocenters. The fourth-order valence-corrected chi connectivity index (χ4v) is 7.05. The molecule has 0 aliphatic carbocycles. The lowest BCUT2D eigenvalue weighted by atomic mass is 10.0. The largest absolute Gasteiger partial charge is 0.310 e. The molecule has 0 amide bonds. The molecule has 0 radical (unpaired) electrons. The molecule has 8 aromatic carbocycles. The summed E-state index contributed by atoms with van der Waals surface area (Å²) < 4.78 is 2.45. The lowest BCUT2D eigenvalue weighted by Gasteiger charge is -2.26. The van der Waals surface area contributed by atoms with Gasteiger partial charge in [0.25, 0.3) is 0 Å². The van der Waals surface area contributed by atoms with Crippen molar-refractivity contribution in [2.45, 2.75) is 0 Å². The quantitative estimate of drug-likeness (QED) is 0.195. The van der Waals surface area contributed by atoms with E-state index in [1.54, 1.807) is 0 Å². The van der Waals surface area contributed by atoms with Gasteiger partial charge in [0.05, 0.1) is 11.0 Å². The van der Waals surface area contributed by atoms with Gasteiger partial charge in [0.15, 0.2) is 0 Å². The SMILES string of the molecule is c1ccc(-c2cccc(N(c3ccccc3)c3ccc4ccc5c6c7ccccc7ccc6n(-c6ccccc6)c5c4c3)c2)cc1. The number of hydrogen-bond acceptors (Lipinski definition) is 1. The molecule has 0 fully saturated rings. The van der Waals surface area contributed by atoms with Crippen LogP contribution in [0.25, 0.3) is 60.2 Å². The summed E-state index contributed by atoms with van der Waals surface area (Å²) in [6.07, 6.45) is 0. The summed E-state index contributed by atoms with van der Waals surface area (Å²) in [7, 11) is 0. The Morgan fingerprint density at radius 1 is 0.370 bits per heavy atom. The average Bonchev–Trinajstić information content (AvgIpc) is 3.49.